The lowest BCUT2D eigenvalue weighted by Crippen LogP contribution is -2.28. The summed E-state index contributed by atoms with van der Waals surface area (Å²) < 4.78 is 0. The maximum Gasteiger partial charge on any atom is 0.257 e. The highest BCUT2D eigenvalue weighted by molar-refractivity contribution is 6.13. The zero-order chi connectivity index (χ0) is 19.6. The van der Waals surface area contributed by atoms with Gasteiger partial charge in [-0.3, -0.25) is 14.7 Å². The van der Waals surface area contributed by atoms with Crippen LogP contribution in [0.3, 0.4) is 0 Å². The second-order valence-electron chi connectivity index (χ2n) is 7.75. The molecule has 0 atom stereocenters. The summed E-state index contributed by atoms with van der Waals surface area (Å²) in [7, 11) is 0. The predicted molar refractivity (Wildman–Crippen MR) is 119 cm³/mol. The first-order valence-corrected chi connectivity index (χ1v) is 10.3. The van der Waals surface area contributed by atoms with Crippen LogP contribution in [0.15, 0.2) is 64.5 Å². The molecule has 2 aromatic carbocycles. The first kappa shape index (κ1) is 17.9. The summed E-state index contributed by atoms with van der Waals surface area (Å²) in [5, 5.41) is 1.93. The largest absolute Gasteiger partial charge is 0.361 e. The average Bonchev–Trinajstić information content (AvgIpc) is 3.09. The Balaban J connectivity index is 1.42. The average molecular weight is 384 g/mol. The molecule has 0 amide bonds. The number of H-pyrrole nitrogens is 2. The number of hydrogen-bond acceptors (Lipinski definition) is 3. The van der Waals surface area contributed by atoms with E-state index in [-0.39, 0.29) is 5.56 Å². The lowest BCUT2D eigenvalue weighted by molar-refractivity contribution is 0.221. The lowest BCUT2D eigenvalue weighted by atomic mass is 10.1. The van der Waals surface area contributed by atoms with Crippen molar-refractivity contribution in [3.63, 3.8) is 0 Å². The Bertz CT molecular complexity index is 1230. The molecule has 0 spiro atoms. The van der Waals surface area contributed by atoms with Gasteiger partial charge in [0.05, 0.1) is 11.3 Å². The van der Waals surface area contributed by atoms with Crippen molar-refractivity contribution in [2.75, 3.05) is 13.1 Å². The SMILES string of the molecule is O=c1[nH]c2ccc3[nH]cccc3c2c1C=Nc1ccc(CN2CCCCC2)cc1. The van der Waals surface area contributed by atoms with Crippen LogP contribution in [-0.2, 0) is 6.54 Å². The Kier molecular flexibility index (Phi) is 4.74. The molecule has 0 bridgehead atoms. The Morgan fingerprint density at radius 3 is 2.59 bits per heavy atom. The molecule has 0 radical (unpaired) electrons. The summed E-state index contributed by atoms with van der Waals surface area (Å²) in [6.07, 6.45) is 7.53. The normalized spacial score (nSPS) is 15.6. The second-order valence-corrected chi connectivity index (χ2v) is 7.75. The summed E-state index contributed by atoms with van der Waals surface area (Å²) in [4.78, 5) is 25.8. The molecular formula is C24H24N4O. The monoisotopic (exact) mass is 384 g/mol. The fraction of sp³-hybridized carbons (Fsp3) is 0.250. The minimum absolute atomic E-state index is 0.109. The fourth-order valence-electron chi connectivity index (χ4n) is 4.22. The summed E-state index contributed by atoms with van der Waals surface area (Å²) in [5.74, 6) is 0. The van der Waals surface area contributed by atoms with Crippen molar-refractivity contribution in [2.24, 2.45) is 4.99 Å². The fourth-order valence-corrected chi connectivity index (χ4v) is 4.22. The summed E-state index contributed by atoms with van der Waals surface area (Å²) in [6.45, 7) is 3.38. The van der Waals surface area contributed by atoms with E-state index in [4.69, 9.17) is 0 Å². The number of nitrogens with zero attached hydrogens (tertiary/aromatic N) is 2. The number of benzene rings is 2. The van der Waals surface area contributed by atoms with Crippen molar-refractivity contribution in [3.8, 4) is 0 Å². The van der Waals surface area contributed by atoms with Crippen molar-refractivity contribution >= 4 is 33.7 Å². The molecule has 146 valence electrons. The van der Waals surface area contributed by atoms with E-state index in [1.165, 1.54) is 37.9 Å². The number of nitrogens with one attached hydrogen (secondary N) is 2. The highest BCUT2D eigenvalue weighted by Gasteiger charge is 2.12. The van der Waals surface area contributed by atoms with Crippen LogP contribution in [-0.4, -0.2) is 34.2 Å². The van der Waals surface area contributed by atoms with Crippen LogP contribution >= 0.6 is 0 Å². The Labute approximate surface area is 169 Å². The van der Waals surface area contributed by atoms with Crippen LogP contribution in [0.1, 0.15) is 30.4 Å². The van der Waals surface area contributed by atoms with Crippen LogP contribution < -0.4 is 5.56 Å². The molecule has 1 aliphatic heterocycles. The highest BCUT2D eigenvalue weighted by Crippen LogP contribution is 2.24. The van der Waals surface area contributed by atoms with Crippen LogP contribution in [0.5, 0.6) is 0 Å². The van der Waals surface area contributed by atoms with Gasteiger partial charge in [-0.25, -0.2) is 0 Å². The van der Waals surface area contributed by atoms with E-state index in [1.54, 1.807) is 6.21 Å². The summed E-state index contributed by atoms with van der Waals surface area (Å²) >= 11 is 0. The standard InChI is InChI=1S/C24H24N4O/c29-24-20(23-19-5-4-12-25-21(19)10-11-22(23)27-24)15-26-18-8-6-17(7-9-18)16-28-13-2-1-3-14-28/h4-12,15,25H,1-3,13-14,16H2,(H,27,29). The van der Waals surface area contributed by atoms with Crippen molar-refractivity contribution in [1.82, 2.24) is 14.9 Å². The third-order valence-corrected chi connectivity index (χ3v) is 5.74. The van der Waals surface area contributed by atoms with Gasteiger partial charge in [0.1, 0.15) is 0 Å². The number of pyridine rings is 1. The number of piperidine rings is 1. The maximum absolute atomic E-state index is 12.5. The molecule has 5 heteroatoms. The van der Waals surface area contributed by atoms with Gasteiger partial charge in [-0.05, 0) is 61.8 Å². The van der Waals surface area contributed by atoms with Crippen molar-refractivity contribution in [2.45, 2.75) is 25.8 Å². The Morgan fingerprint density at radius 1 is 0.966 bits per heavy atom. The van der Waals surface area contributed by atoms with E-state index in [0.717, 1.165) is 34.0 Å². The number of fused-ring (bicyclic) bond motifs is 3. The quantitative estimate of drug-likeness (QED) is 0.499. The molecule has 5 rings (SSSR count). The van der Waals surface area contributed by atoms with Gasteiger partial charge in [0.15, 0.2) is 0 Å². The van der Waals surface area contributed by atoms with E-state index in [9.17, 15) is 4.79 Å². The van der Waals surface area contributed by atoms with E-state index in [1.807, 2.05) is 42.6 Å². The molecule has 0 unspecified atom stereocenters. The van der Waals surface area contributed by atoms with Crippen LogP contribution in [0, 0.1) is 0 Å². The first-order valence-electron chi connectivity index (χ1n) is 10.3. The van der Waals surface area contributed by atoms with Gasteiger partial charge in [-0.15, -0.1) is 0 Å². The van der Waals surface area contributed by atoms with Gasteiger partial charge in [0.2, 0.25) is 0 Å². The van der Waals surface area contributed by atoms with Crippen LogP contribution in [0.2, 0.25) is 0 Å². The highest BCUT2D eigenvalue weighted by atomic mass is 16.1. The number of rotatable bonds is 4. The number of aliphatic imine (C=N–C) groups is 1. The number of hydrogen-bond donors (Lipinski definition) is 2. The third kappa shape index (κ3) is 3.61. The number of aromatic nitrogens is 2. The third-order valence-electron chi connectivity index (χ3n) is 5.74. The zero-order valence-corrected chi connectivity index (χ0v) is 16.3. The van der Waals surface area contributed by atoms with E-state index >= 15 is 0 Å². The number of aromatic amines is 2. The smallest absolute Gasteiger partial charge is 0.257 e. The van der Waals surface area contributed by atoms with Gasteiger partial charge >= 0.3 is 0 Å². The molecule has 0 aliphatic carbocycles. The zero-order valence-electron chi connectivity index (χ0n) is 16.3. The second kappa shape index (κ2) is 7.68. The molecule has 4 aromatic rings. The molecule has 2 N–H and O–H groups in total. The Hall–Kier alpha value is -3.18. The molecule has 0 saturated carbocycles. The minimum atomic E-state index is -0.109. The van der Waals surface area contributed by atoms with Crippen LogP contribution in [0.4, 0.5) is 5.69 Å². The van der Waals surface area contributed by atoms with Gasteiger partial charge < -0.3 is 9.97 Å². The van der Waals surface area contributed by atoms with Crippen molar-refractivity contribution < 1.29 is 0 Å². The topological polar surface area (TPSA) is 64.2 Å². The van der Waals surface area contributed by atoms with Crippen LogP contribution in [0.25, 0.3) is 21.8 Å². The van der Waals surface area contributed by atoms with E-state index in [0.29, 0.717) is 5.56 Å². The molecular weight excluding hydrogens is 360 g/mol. The van der Waals surface area contributed by atoms with E-state index in [2.05, 4.69) is 32.0 Å². The van der Waals surface area contributed by atoms with Gasteiger partial charge in [-0.2, -0.15) is 0 Å². The maximum atomic E-state index is 12.5. The molecule has 1 saturated heterocycles. The molecule has 29 heavy (non-hydrogen) atoms. The minimum Gasteiger partial charge on any atom is -0.361 e. The molecule has 3 heterocycles. The summed E-state index contributed by atoms with van der Waals surface area (Å²) in [6, 6.07) is 16.2. The van der Waals surface area contributed by atoms with Crippen molar-refractivity contribution in [1.29, 1.82) is 0 Å². The van der Waals surface area contributed by atoms with Gasteiger partial charge in [-0.1, -0.05) is 24.6 Å². The Morgan fingerprint density at radius 2 is 1.76 bits per heavy atom. The van der Waals surface area contributed by atoms with Gasteiger partial charge in [0, 0.05) is 40.8 Å². The predicted octanol–water partition coefficient (Wildman–Crippen LogP) is 4.75. The molecule has 1 fully saturated rings. The molecule has 5 nitrogen and oxygen atoms in total. The number of likely N-dealkylation sites (tertiary alicyclic amines) is 1. The van der Waals surface area contributed by atoms with Crippen molar-refractivity contribution in [3.05, 3.63) is 76.2 Å². The lowest BCUT2D eigenvalue weighted by Gasteiger charge is -2.26. The van der Waals surface area contributed by atoms with E-state index < -0.39 is 0 Å². The first-order chi connectivity index (χ1) is 14.3. The van der Waals surface area contributed by atoms with Gasteiger partial charge in [0.25, 0.3) is 5.56 Å². The summed E-state index contributed by atoms with van der Waals surface area (Å²) in [5.41, 5.74) is 4.48. The molecule has 1 aliphatic rings. The molecule has 2 aromatic heterocycles.